The van der Waals surface area contributed by atoms with E-state index in [-0.39, 0.29) is 0 Å². The second-order valence-corrected chi connectivity index (χ2v) is 7.03. The number of nitrogens with one attached hydrogen (secondary N) is 1. The summed E-state index contributed by atoms with van der Waals surface area (Å²) in [6.45, 7) is 9.17. The molecule has 3 heteroatoms. The summed E-state index contributed by atoms with van der Waals surface area (Å²) in [7, 11) is 0. The Morgan fingerprint density at radius 3 is 2.95 bits per heavy atom. The number of aromatic nitrogens is 2. The smallest absolute Gasteiger partial charge is 0.109 e. The Labute approximate surface area is 116 Å². The molecule has 1 aliphatic heterocycles. The number of hydrogen-bond donors (Lipinski definition) is 1. The topological polar surface area (TPSA) is 29.9 Å². The Bertz CT molecular complexity index is 459. The van der Waals surface area contributed by atoms with Crippen LogP contribution in [0.2, 0.25) is 0 Å². The van der Waals surface area contributed by atoms with E-state index >= 15 is 0 Å². The van der Waals surface area contributed by atoms with E-state index in [1.54, 1.807) is 0 Å². The lowest BCUT2D eigenvalue weighted by molar-refractivity contribution is 0.353. The minimum atomic E-state index is 0.512. The lowest BCUT2D eigenvalue weighted by Gasteiger charge is -2.23. The molecule has 2 aliphatic rings. The number of fused-ring (bicyclic) bond motifs is 1. The van der Waals surface area contributed by atoms with Gasteiger partial charge in [-0.15, -0.1) is 0 Å². The summed E-state index contributed by atoms with van der Waals surface area (Å²) in [5.74, 6) is 1.35. The molecule has 0 saturated heterocycles. The quantitative estimate of drug-likeness (QED) is 0.905. The fraction of sp³-hybridized carbons (Fsp3) is 0.812. The number of rotatable bonds is 3. The number of aryl methyl sites for hydroxylation is 1. The largest absolute Gasteiger partial charge is 0.329 e. The summed E-state index contributed by atoms with van der Waals surface area (Å²) in [5, 5.41) is 3.45. The van der Waals surface area contributed by atoms with Crippen molar-refractivity contribution in [2.75, 3.05) is 6.54 Å². The van der Waals surface area contributed by atoms with Gasteiger partial charge in [0.2, 0.25) is 0 Å². The summed E-state index contributed by atoms with van der Waals surface area (Å²) in [6.07, 6.45) is 7.49. The summed E-state index contributed by atoms with van der Waals surface area (Å²) in [5.41, 5.74) is 3.36. The molecule has 3 rings (SSSR count). The fourth-order valence-corrected chi connectivity index (χ4v) is 3.84. The third-order valence-electron chi connectivity index (χ3n) is 4.78. The molecule has 1 aromatic heterocycles. The Hall–Kier alpha value is -0.830. The number of hydrogen-bond acceptors (Lipinski definition) is 2. The van der Waals surface area contributed by atoms with Crippen molar-refractivity contribution in [2.45, 2.75) is 71.9 Å². The van der Waals surface area contributed by atoms with Gasteiger partial charge in [0.25, 0.3) is 0 Å². The van der Waals surface area contributed by atoms with Crippen LogP contribution < -0.4 is 5.32 Å². The highest BCUT2D eigenvalue weighted by atomic mass is 15.1. The highest BCUT2D eigenvalue weighted by Gasteiger charge is 2.34. The Morgan fingerprint density at radius 2 is 2.26 bits per heavy atom. The van der Waals surface area contributed by atoms with Crippen molar-refractivity contribution in [3.8, 4) is 0 Å². The maximum absolute atomic E-state index is 4.93. The van der Waals surface area contributed by atoms with Crippen molar-refractivity contribution in [1.29, 1.82) is 0 Å². The van der Waals surface area contributed by atoms with E-state index in [1.165, 1.54) is 42.9 Å². The van der Waals surface area contributed by atoms with E-state index in [1.807, 2.05) is 0 Å². The summed E-state index contributed by atoms with van der Waals surface area (Å²) >= 11 is 0. The molecular weight excluding hydrogens is 234 g/mol. The van der Waals surface area contributed by atoms with Crippen LogP contribution in [-0.2, 0) is 19.4 Å². The average molecular weight is 261 g/mol. The van der Waals surface area contributed by atoms with Crippen LogP contribution in [-0.4, -0.2) is 16.1 Å². The number of nitrogens with zero attached hydrogens (tertiary/aromatic N) is 2. The molecule has 0 bridgehead atoms. The van der Waals surface area contributed by atoms with Gasteiger partial charge >= 0.3 is 0 Å². The Kier molecular flexibility index (Phi) is 3.42. The molecule has 19 heavy (non-hydrogen) atoms. The number of imidazole rings is 1. The van der Waals surface area contributed by atoms with Crippen LogP contribution in [0.15, 0.2) is 0 Å². The van der Waals surface area contributed by atoms with E-state index in [9.17, 15) is 0 Å². The average Bonchev–Trinajstić information content (AvgIpc) is 2.89. The van der Waals surface area contributed by atoms with Gasteiger partial charge in [-0.1, -0.05) is 20.8 Å². The van der Waals surface area contributed by atoms with Crippen molar-refractivity contribution in [3.63, 3.8) is 0 Å². The van der Waals surface area contributed by atoms with Crippen LogP contribution >= 0.6 is 0 Å². The van der Waals surface area contributed by atoms with E-state index in [2.05, 4.69) is 30.7 Å². The van der Waals surface area contributed by atoms with Crippen LogP contribution in [0, 0.1) is 5.41 Å². The van der Waals surface area contributed by atoms with E-state index in [0.29, 0.717) is 11.5 Å². The van der Waals surface area contributed by atoms with Gasteiger partial charge in [0.15, 0.2) is 0 Å². The predicted molar refractivity (Wildman–Crippen MR) is 78.3 cm³/mol. The minimum Gasteiger partial charge on any atom is -0.329 e. The first-order chi connectivity index (χ1) is 9.11. The molecule has 1 unspecified atom stereocenters. The van der Waals surface area contributed by atoms with Gasteiger partial charge < -0.3 is 9.88 Å². The van der Waals surface area contributed by atoms with Crippen LogP contribution in [0.25, 0.3) is 0 Å². The van der Waals surface area contributed by atoms with Gasteiger partial charge in [0.1, 0.15) is 5.82 Å². The van der Waals surface area contributed by atoms with Crippen LogP contribution in [0.5, 0.6) is 0 Å². The zero-order chi connectivity index (χ0) is 13.5. The lowest BCUT2D eigenvalue weighted by Crippen LogP contribution is -2.26. The van der Waals surface area contributed by atoms with Crippen molar-refractivity contribution < 1.29 is 0 Å². The zero-order valence-electron chi connectivity index (χ0n) is 12.6. The SMILES string of the molecule is CCCc1nc2c(n1C1CCC(C)(C)C1)CCNC2. The maximum Gasteiger partial charge on any atom is 0.109 e. The molecule has 0 spiro atoms. The molecule has 106 valence electrons. The highest BCUT2D eigenvalue weighted by Crippen LogP contribution is 2.44. The summed E-state index contributed by atoms with van der Waals surface area (Å²) < 4.78 is 2.63. The van der Waals surface area contributed by atoms with Gasteiger partial charge in [-0.25, -0.2) is 4.98 Å². The van der Waals surface area contributed by atoms with Crippen LogP contribution in [0.1, 0.15) is 69.7 Å². The standard InChI is InChI=1S/C16H27N3/c1-4-5-15-18-13-11-17-9-7-14(13)19(15)12-6-8-16(2,3)10-12/h12,17H,4-11H2,1-3H3. The monoisotopic (exact) mass is 261 g/mol. The third-order valence-corrected chi connectivity index (χ3v) is 4.78. The van der Waals surface area contributed by atoms with Crippen LogP contribution in [0.3, 0.4) is 0 Å². The second-order valence-electron chi connectivity index (χ2n) is 7.03. The summed E-state index contributed by atoms with van der Waals surface area (Å²) in [6, 6.07) is 0.700. The summed E-state index contributed by atoms with van der Waals surface area (Å²) in [4.78, 5) is 4.93. The van der Waals surface area contributed by atoms with E-state index < -0.39 is 0 Å². The van der Waals surface area contributed by atoms with E-state index in [0.717, 1.165) is 25.9 Å². The Balaban J connectivity index is 1.96. The van der Waals surface area contributed by atoms with Crippen LogP contribution in [0.4, 0.5) is 0 Å². The first-order valence-electron chi connectivity index (χ1n) is 7.90. The second kappa shape index (κ2) is 4.93. The molecule has 3 nitrogen and oxygen atoms in total. The van der Waals surface area contributed by atoms with Crippen molar-refractivity contribution in [2.24, 2.45) is 5.41 Å². The first kappa shape index (κ1) is 13.2. The van der Waals surface area contributed by atoms with Gasteiger partial charge in [0, 0.05) is 37.7 Å². The van der Waals surface area contributed by atoms with Crippen molar-refractivity contribution in [1.82, 2.24) is 14.9 Å². The molecule has 0 amide bonds. The molecule has 0 radical (unpaired) electrons. The maximum atomic E-state index is 4.93. The van der Waals surface area contributed by atoms with Gasteiger partial charge in [-0.2, -0.15) is 0 Å². The molecule has 2 heterocycles. The fourth-order valence-electron chi connectivity index (χ4n) is 3.84. The molecule has 1 atom stereocenters. The molecule has 0 aromatic carbocycles. The molecule has 1 fully saturated rings. The predicted octanol–water partition coefficient (Wildman–Crippen LogP) is 3.23. The minimum absolute atomic E-state index is 0.512. The van der Waals surface area contributed by atoms with Gasteiger partial charge in [0.05, 0.1) is 5.69 Å². The lowest BCUT2D eigenvalue weighted by atomic mass is 9.91. The van der Waals surface area contributed by atoms with Crippen molar-refractivity contribution in [3.05, 3.63) is 17.2 Å². The van der Waals surface area contributed by atoms with Gasteiger partial charge in [-0.3, -0.25) is 0 Å². The molecule has 1 aromatic rings. The van der Waals surface area contributed by atoms with Crippen molar-refractivity contribution >= 4 is 0 Å². The van der Waals surface area contributed by atoms with E-state index in [4.69, 9.17) is 4.98 Å². The first-order valence-corrected chi connectivity index (χ1v) is 7.90. The van der Waals surface area contributed by atoms with Gasteiger partial charge in [-0.05, 0) is 31.1 Å². The Morgan fingerprint density at radius 1 is 1.42 bits per heavy atom. The normalized spacial score (nSPS) is 25.5. The molecule has 1 saturated carbocycles. The zero-order valence-corrected chi connectivity index (χ0v) is 12.6. The molecule has 1 aliphatic carbocycles. The molecule has 1 N–H and O–H groups in total. The molecular formula is C16H27N3. The third kappa shape index (κ3) is 2.45. The highest BCUT2D eigenvalue weighted by molar-refractivity contribution is 5.22.